The number of rotatable bonds is 6. The Morgan fingerprint density at radius 2 is 1.97 bits per heavy atom. The van der Waals surface area contributed by atoms with Crippen LogP contribution < -0.4 is 9.64 Å². The number of fused-ring (bicyclic) bond motifs is 3. The van der Waals surface area contributed by atoms with Gasteiger partial charge in [0.2, 0.25) is 5.88 Å². The molecule has 3 saturated heterocycles. The predicted molar refractivity (Wildman–Crippen MR) is 147 cm³/mol. The van der Waals surface area contributed by atoms with Crippen LogP contribution in [0.2, 0.25) is 0 Å². The number of aromatic nitrogens is 4. The van der Waals surface area contributed by atoms with E-state index in [-0.39, 0.29) is 0 Å². The molecule has 4 aromatic rings. The maximum absolute atomic E-state index is 9.73. The number of piperidine rings is 1. The monoisotopic (exact) mass is 519 g/mol. The molecule has 0 aromatic carbocycles. The molecule has 9 heteroatoms. The number of anilines is 1. The summed E-state index contributed by atoms with van der Waals surface area (Å²) in [5.41, 5.74) is 6.68. The molecule has 8 heterocycles. The molecule has 4 aliphatic heterocycles. The fourth-order valence-corrected chi connectivity index (χ4v) is 6.06. The van der Waals surface area contributed by atoms with E-state index in [2.05, 4.69) is 56.3 Å². The number of pyridine rings is 3. The van der Waals surface area contributed by atoms with Gasteiger partial charge in [-0.25, -0.2) is 14.5 Å². The molecule has 4 aromatic heterocycles. The van der Waals surface area contributed by atoms with Crippen molar-refractivity contribution in [3.8, 4) is 23.1 Å². The van der Waals surface area contributed by atoms with Gasteiger partial charge in [0.15, 0.2) is 0 Å². The minimum atomic E-state index is 0.514. The van der Waals surface area contributed by atoms with Gasteiger partial charge in [-0.15, -0.1) is 0 Å². The number of nitrogens with zero attached hydrogens (tertiary/aromatic N) is 7. The second-order valence-corrected chi connectivity index (χ2v) is 10.4. The summed E-state index contributed by atoms with van der Waals surface area (Å²) < 4.78 is 12.7. The number of methoxy groups -OCH3 is 1. The van der Waals surface area contributed by atoms with Crippen molar-refractivity contribution in [1.29, 1.82) is 5.26 Å². The third-order valence-corrected chi connectivity index (χ3v) is 8.11. The van der Waals surface area contributed by atoms with Crippen LogP contribution in [0.5, 0.6) is 5.88 Å². The molecule has 0 spiro atoms. The molecule has 0 aliphatic carbocycles. The van der Waals surface area contributed by atoms with Crippen molar-refractivity contribution in [2.24, 2.45) is 0 Å². The molecule has 2 atom stereocenters. The van der Waals surface area contributed by atoms with Gasteiger partial charge in [0.25, 0.3) is 0 Å². The molecule has 8 rings (SSSR count). The summed E-state index contributed by atoms with van der Waals surface area (Å²) in [5.74, 6) is 1.64. The van der Waals surface area contributed by atoms with Crippen molar-refractivity contribution in [1.82, 2.24) is 24.5 Å². The van der Waals surface area contributed by atoms with Crippen molar-refractivity contribution in [2.45, 2.75) is 31.5 Å². The van der Waals surface area contributed by atoms with Crippen molar-refractivity contribution in [3.63, 3.8) is 0 Å². The Bertz CT molecular complexity index is 1570. The third-order valence-electron chi connectivity index (χ3n) is 8.11. The second-order valence-electron chi connectivity index (χ2n) is 10.4. The van der Waals surface area contributed by atoms with Crippen LogP contribution in [-0.4, -0.2) is 70.0 Å². The first-order chi connectivity index (χ1) is 19.2. The van der Waals surface area contributed by atoms with E-state index < -0.39 is 0 Å². The summed E-state index contributed by atoms with van der Waals surface area (Å²) in [6.07, 6.45) is 11.8. The van der Waals surface area contributed by atoms with E-state index in [1.165, 1.54) is 12.0 Å². The largest absolute Gasteiger partial charge is 0.481 e. The molecule has 3 fully saturated rings. The van der Waals surface area contributed by atoms with Crippen LogP contribution in [0.25, 0.3) is 22.2 Å². The Labute approximate surface area is 226 Å². The zero-order chi connectivity index (χ0) is 26.3. The fraction of sp³-hybridized carbons (Fsp3) is 0.333. The summed E-state index contributed by atoms with van der Waals surface area (Å²) >= 11 is 0. The Morgan fingerprint density at radius 1 is 1.08 bits per heavy atom. The van der Waals surface area contributed by atoms with Gasteiger partial charge in [0.1, 0.15) is 11.9 Å². The molecule has 196 valence electrons. The number of nitriles is 1. The van der Waals surface area contributed by atoms with Gasteiger partial charge in [-0.2, -0.15) is 10.4 Å². The van der Waals surface area contributed by atoms with Crippen LogP contribution in [0.1, 0.15) is 29.5 Å². The van der Waals surface area contributed by atoms with Crippen molar-refractivity contribution >= 4 is 16.9 Å². The van der Waals surface area contributed by atoms with Crippen LogP contribution in [0.4, 0.5) is 5.82 Å². The molecule has 9 nitrogen and oxygen atoms in total. The van der Waals surface area contributed by atoms with E-state index >= 15 is 0 Å². The maximum atomic E-state index is 9.73. The molecular weight excluding hydrogens is 490 g/mol. The Kier molecular flexibility index (Phi) is 5.99. The average Bonchev–Trinajstić information content (AvgIpc) is 3.43. The lowest BCUT2D eigenvalue weighted by Gasteiger charge is -2.56. The highest BCUT2D eigenvalue weighted by atomic mass is 16.5. The summed E-state index contributed by atoms with van der Waals surface area (Å²) in [5, 5.41) is 14.2. The van der Waals surface area contributed by atoms with Crippen LogP contribution in [0.15, 0.2) is 61.2 Å². The SMILES string of the molecule is COc1ccc(CN2C3CC2CN(c2ccc(-c4cc(C5=CCCOC5)cn5ncc(C#N)c45)cn2)C3)cn1. The number of hydrogen-bond donors (Lipinski definition) is 0. The highest BCUT2D eigenvalue weighted by Crippen LogP contribution is 2.36. The molecule has 4 aliphatic rings. The zero-order valence-electron chi connectivity index (χ0n) is 21.8. The summed E-state index contributed by atoms with van der Waals surface area (Å²) in [6, 6.07) is 13.7. The predicted octanol–water partition coefficient (Wildman–Crippen LogP) is 3.94. The topological polar surface area (TPSA) is 91.8 Å². The quantitative estimate of drug-likeness (QED) is 0.378. The molecule has 0 radical (unpaired) electrons. The lowest BCUT2D eigenvalue weighted by molar-refractivity contribution is -0.00876. The molecule has 2 bridgehead atoms. The van der Waals surface area contributed by atoms with E-state index in [0.717, 1.165) is 66.3 Å². The summed E-state index contributed by atoms with van der Waals surface area (Å²) in [4.78, 5) is 14.2. The standard InChI is InChI=1S/C30H29N7O2/c1-38-29-7-4-20(12-33-29)15-36-25-10-26(36)18-35(17-25)28-6-5-21(13-32-28)27-9-23(22-3-2-8-39-19-22)16-37-30(27)24(11-31)14-34-37/h3-7,9,12-14,16,25-26H,2,8,10,15,17-19H2,1H3. The van der Waals surface area contributed by atoms with Gasteiger partial charge in [-0.05, 0) is 47.7 Å². The third kappa shape index (κ3) is 4.32. The molecule has 0 saturated carbocycles. The van der Waals surface area contributed by atoms with Gasteiger partial charge in [0, 0.05) is 67.5 Å². The van der Waals surface area contributed by atoms with E-state index in [4.69, 9.17) is 14.5 Å². The normalized spacial score (nSPS) is 20.8. The van der Waals surface area contributed by atoms with Crippen LogP contribution in [0, 0.1) is 11.3 Å². The molecule has 0 amide bonds. The molecule has 39 heavy (non-hydrogen) atoms. The average molecular weight is 520 g/mol. The van der Waals surface area contributed by atoms with Crippen LogP contribution >= 0.6 is 0 Å². The lowest BCUT2D eigenvalue weighted by Crippen LogP contribution is -2.68. The van der Waals surface area contributed by atoms with Crippen molar-refractivity contribution in [3.05, 3.63) is 77.9 Å². The number of hydrogen-bond acceptors (Lipinski definition) is 8. The van der Waals surface area contributed by atoms with E-state index in [9.17, 15) is 5.26 Å². The first-order valence-electron chi connectivity index (χ1n) is 13.3. The minimum Gasteiger partial charge on any atom is -0.481 e. The molecule has 2 unspecified atom stereocenters. The first kappa shape index (κ1) is 23.8. The van der Waals surface area contributed by atoms with Crippen molar-refractivity contribution in [2.75, 3.05) is 38.3 Å². The minimum absolute atomic E-state index is 0.514. The van der Waals surface area contributed by atoms with Gasteiger partial charge in [-0.1, -0.05) is 12.1 Å². The Morgan fingerprint density at radius 3 is 2.67 bits per heavy atom. The smallest absolute Gasteiger partial charge is 0.212 e. The van der Waals surface area contributed by atoms with E-state index in [1.807, 2.05) is 24.7 Å². The highest BCUT2D eigenvalue weighted by molar-refractivity contribution is 5.87. The fourth-order valence-electron chi connectivity index (χ4n) is 6.06. The van der Waals surface area contributed by atoms with E-state index in [1.54, 1.807) is 17.8 Å². The van der Waals surface area contributed by atoms with Gasteiger partial charge >= 0.3 is 0 Å². The zero-order valence-corrected chi connectivity index (χ0v) is 21.8. The van der Waals surface area contributed by atoms with E-state index in [0.29, 0.717) is 30.1 Å². The lowest BCUT2D eigenvalue weighted by atomic mass is 9.87. The Hall–Kier alpha value is -4.26. The van der Waals surface area contributed by atoms with Crippen LogP contribution in [-0.2, 0) is 11.3 Å². The molecular formula is C30H29N7O2. The molecule has 0 N–H and O–H groups in total. The number of piperazine rings is 1. The first-order valence-corrected chi connectivity index (χ1v) is 13.3. The van der Waals surface area contributed by atoms with Gasteiger partial charge < -0.3 is 14.4 Å². The van der Waals surface area contributed by atoms with Crippen molar-refractivity contribution < 1.29 is 9.47 Å². The summed E-state index contributed by atoms with van der Waals surface area (Å²) in [6.45, 7) is 4.16. The maximum Gasteiger partial charge on any atom is 0.212 e. The number of ether oxygens (including phenoxy) is 2. The van der Waals surface area contributed by atoms with Crippen LogP contribution in [0.3, 0.4) is 0 Å². The highest BCUT2D eigenvalue weighted by Gasteiger charge is 2.44. The van der Waals surface area contributed by atoms with Gasteiger partial charge in [-0.3, -0.25) is 4.90 Å². The second kappa shape index (κ2) is 9.80. The Balaban J connectivity index is 1.11. The summed E-state index contributed by atoms with van der Waals surface area (Å²) in [7, 11) is 1.64. The van der Waals surface area contributed by atoms with Gasteiger partial charge in [0.05, 0.1) is 37.6 Å².